The van der Waals surface area contributed by atoms with E-state index in [1.54, 1.807) is 12.4 Å². The molecule has 0 spiro atoms. The normalized spacial score (nSPS) is 20.4. The van der Waals surface area contributed by atoms with Crippen LogP contribution in [0.1, 0.15) is 30.4 Å². The minimum absolute atomic E-state index is 0.404. The quantitative estimate of drug-likeness (QED) is 0.806. The highest BCUT2D eigenvalue weighted by Crippen LogP contribution is 2.28. The van der Waals surface area contributed by atoms with Crippen LogP contribution in [0, 0.1) is 6.92 Å². The Hall–Kier alpha value is -1.75. The third-order valence-corrected chi connectivity index (χ3v) is 3.57. The van der Waals surface area contributed by atoms with Crippen molar-refractivity contribution in [3.05, 3.63) is 36.3 Å². The molecule has 0 saturated carbocycles. The van der Waals surface area contributed by atoms with Crippen LogP contribution in [-0.4, -0.2) is 38.0 Å². The van der Waals surface area contributed by atoms with E-state index in [2.05, 4.69) is 21.9 Å². The van der Waals surface area contributed by atoms with E-state index in [4.69, 9.17) is 4.98 Å². The molecule has 5 nitrogen and oxygen atoms in total. The van der Waals surface area contributed by atoms with Gasteiger partial charge < -0.3 is 0 Å². The fourth-order valence-corrected chi connectivity index (χ4v) is 2.55. The van der Waals surface area contributed by atoms with Crippen LogP contribution in [-0.2, 0) is 0 Å². The second-order valence-electron chi connectivity index (χ2n) is 4.79. The van der Waals surface area contributed by atoms with Crippen LogP contribution in [0.15, 0.2) is 24.8 Å². The number of hydrogen-bond donors (Lipinski definition) is 0. The molecule has 2 aromatic rings. The van der Waals surface area contributed by atoms with Gasteiger partial charge in [-0.15, -0.1) is 0 Å². The van der Waals surface area contributed by atoms with Crippen molar-refractivity contribution in [2.75, 3.05) is 13.6 Å². The monoisotopic (exact) mass is 243 g/mol. The van der Waals surface area contributed by atoms with Crippen LogP contribution < -0.4 is 0 Å². The molecule has 1 saturated heterocycles. The molecule has 1 fully saturated rings. The average molecular weight is 243 g/mol. The van der Waals surface area contributed by atoms with Crippen LogP contribution in [0.2, 0.25) is 0 Å². The van der Waals surface area contributed by atoms with E-state index >= 15 is 0 Å². The first-order valence-electron chi connectivity index (χ1n) is 6.28. The Kier molecular flexibility index (Phi) is 2.83. The molecule has 5 heteroatoms. The summed E-state index contributed by atoms with van der Waals surface area (Å²) in [6.45, 7) is 3.11. The zero-order valence-corrected chi connectivity index (χ0v) is 10.7. The number of imidazole rings is 1. The molecule has 1 aliphatic rings. The van der Waals surface area contributed by atoms with Gasteiger partial charge in [-0.2, -0.15) is 0 Å². The van der Waals surface area contributed by atoms with Gasteiger partial charge in [0.25, 0.3) is 0 Å². The average Bonchev–Trinajstić information content (AvgIpc) is 2.98. The van der Waals surface area contributed by atoms with Crippen molar-refractivity contribution < 1.29 is 0 Å². The van der Waals surface area contributed by atoms with Crippen LogP contribution in [0.3, 0.4) is 0 Å². The van der Waals surface area contributed by atoms with Gasteiger partial charge in [0.1, 0.15) is 5.82 Å². The van der Waals surface area contributed by atoms with Crippen LogP contribution >= 0.6 is 0 Å². The molecule has 0 aliphatic carbocycles. The Bertz CT molecular complexity index is 548. The Morgan fingerprint density at radius 2 is 2.22 bits per heavy atom. The summed E-state index contributed by atoms with van der Waals surface area (Å²) in [5, 5.41) is 0. The summed E-state index contributed by atoms with van der Waals surface area (Å²) < 4.78 is 1.96. The van der Waals surface area contributed by atoms with Gasteiger partial charge in [-0.05, 0) is 33.4 Å². The van der Waals surface area contributed by atoms with Crippen molar-refractivity contribution in [3.63, 3.8) is 0 Å². The molecule has 1 aliphatic heterocycles. The first-order chi connectivity index (χ1) is 8.75. The Morgan fingerprint density at radius 1 is 1.33 bits per heavy atom. The lowest BCUT2D eigenvalue weighted by atomic mass is 10.1. The van der Waals surface area contributed by atoms with E-state index in [9.17, 15) is 0 Å². The molecular weight excluding hydrogens is 226 g/mol. The molecule has 2 aromatic heterocycles. The van der Waals surface area contributed by atoms with E-state index < -0.39 is 0 Å². The minimum Gasteiger partial charge on any atom is -0.298 e. The molecule has 0 N–H and O–H groups in total. The zero-order valence-electron chi connectivity index (χ0n) is 10.7. The lowest BCUT2D eigenvalue weighted by Gasteiger charge is -2.18. The lowest BCUT2D eigenvalue weighted by Crippen LogP contribution is -2.19. The minimum atomic E-state index is 0.404. The van der Waals surface area contributed by atoms with Crippen molar-refractivity contribution in [2.24, 2.45) is 0 Å². The third-order valence-electron chi connectivity index (χ3n) is 3.57. The van der Waals surface area contributed by atoms with Gasteiger partial charge in [0, 0.05) is 12.4 Å². The second kappa shape index (κ2) is 4.49. The number of rotatable bonds is 2. The molecule has 3 rings (SSSR count). The Labute approximate surface area is 107 Å². The molecule has 1 atom stereocenters. The summed E-state index contributed by atoms with van der Waals surface area (Å²) in [4.78, 5) is 15.6. The zero-order chi connectivity index (χ0) is 12.5. The maximum Gasteiger partial charge on any atom is 0.156 e. The van der Waals surface area contributed by atoms with E-state index in [0.717, 1.165) is 30.3 Å². The number of aromatic nitrogens is 4. The molecular formula is C13H17N5. The van der Waals surface area contributed by atoms with E-state index in [0.29, 0.717) is 6.04 Å². The molecule has 3 heterocycles. The topological polar surface area (TPSA) is 46.8 Å². The van der Waals surface area contributed by atoms with Crippen molar-refractivity contribution in [3.8, 4) is 5.82 Å². The molecule has 0 radical (unpaired) electrons. The van der Waals surface area contributed by atoms with Crippen molar-refractivity contribution >= 4 is 0 Å². The number of aryl methyl sites for hydroxylation is 1. The fourth-order valence-electron chi connectivity index (χ4n) is 2.55. The van der Waals surface area contributed by atoms with Crippen molar-refractivity contribution in [1.29, 1.82) is 0 Å². The molecule has 18 heavy (non-hydrogen) atoms. The molecule has 0 bridgehead atoms. The van der Waals surface area contributed by atoms with Gasteiger partial charge >= 0.3 is 0 Å². The summed E-state index contributed by atoms with van der Waals surface area (Å²) in [7, 11) is 2.15. The van der Waals surface area contributed by atoms with Crippen LogP contribution in [0.25, 0.3) is 5.82 Å². The molecule has 0 aromatic carbocycles. The van der Waals surface area contributed by atoms with Gasteiger partial charge in [0.2, 0.25) is 0 Å². The molecule has 94 valence electrons. The number of hydrogen-bond acceptors (Lipinski definition) is 4. The first-order valence-corrected chi connectivity index (χ1v) is 6.28. The van der Waals surface area contributed by atoms with Gasteiger partial charge in [-0.1, -0.05) is 0 Å². The van der Waals surface area contributed by atoms with Crippen molar-refractivity contribution in [1.82, 2.24) is 24.4 Å². The first kappa shape index (κ1) is 11.3. The maximum absolute atomic E-state index is 4.73. The standard InChI is InChI=1S/C13H17N5/c1-10-15-5-7-18(10)13-9-14-8-11(16-13)12-4-3-6-17(12)2/h5,7-9,12H,3-4,6H2,1-2H3. The highest BCUT2D eigenvalue weighted by molar-refractivity contribution is 5.23. The summed E-state index contributed by atoms with van der Waals surface area (Å²) in [5.41, 5.74) is 1.06. The van der Waals surface area contributed by atoms with Gasteiger partial charge in [-0.25, -0.2) is 9.97 Å². The van der Waals surface area contributed by atoms with E-state index in [1.807, 2.05) is 23.9 Å². The van der Waals surface area contributed by atoms with Gasteiger partial charge in [-0.3, -0.25) is 14.5 Å². The predicted octanol–water partition coefficient (Wildman–Crippen LogP) is 1.74. The van der Waals surface area contributed by atoms with E-state index in [-0.39, 0.29) is 0 Å². The summed E-state index contributed by atoms with van der Waals surface area (Å²) in [6.07, 6.45) is 9.76. The largest absolute Gasteiger partial charge is 0.298 e. The second-order valence-corrected chi connectivity index (χ2v) is 4.79. The van der Waals surface area contributed by atoms with Gasteiger partial charge in [0.05, 0.1) is 24.1 Å². The summed E-state index contributed by atoms with van der Waals surface area (Å²) >= 11 is 0. The Balaban J connectivity index is 1.97. The van der Waals surface area contributed by atoms with Crippen LogP contribution in [0.5, 0.6) is 0 Å². The SMILES string of the molecule is Cc1nccn1-c1cncc(C2CCCN2C)n1. The Morgan fingerprint density at radius 3 is 2.89 bits per heavy atom. The van der Waals surface area contributed by atoms with Gasteiger partial charge in [0.15, 0.2) is 5.82 Å². The number of likely N-dealkylation sites (tertiary alicyclic amines) is 1. The van der Waals surface area contributed by atoms with Crippen LogP contribution in [0.4, 0.5) is 0 Å². The summed E-state index contributed by atoms with van der Waals surface area (Å²) in [5.74, 6) is 1.78. The smallest absolute Gasteiger partial charge is 0.156 e. The molecule has 0 amide bonds. The summed E-state index contributed by atoms with van der Waals surface area (Å²) in [6, 6.07) is 0.404. The van der Waals surface area contributed by atoms with E-state index in [1.165, 1.54) is 6.42 Å². The highest BCUT2D eigenvalue weighted by atomic mass is 15.2. The third kappa shape index (κ3) is 1.90. The molecule has 1 unspecified atom stereocenters. The number of nitrogens with zero attached hydrogens (tertiary/aromatic N) is 5. The lowest BCUT2D eigenvalue weighted by molar-refractivity contribution is 0.311. The van der Waals surface area contributed by atoms with Crippen molar-refractivity contribution in [2.45, 2.75) is 25.8 Å². The fraction of sp³-hybridized carbons (Fsp3) is 0.462. The highest BCUT2D eigenvalue weighted by Gasteiger charge is 2.24. The maximum atomic E-state index is 4.73. The predicted molar refractivity (Wildman–Crippen MR) is 68.5 cm³/mol.